The molecule has 148 valence electrons. The van der Waals surface area contributed by atoms with Crippen LogP contribution in [0.25, 0.3) is 0 Å². The van der Waals surface area contributed by atoms with Gasteiger partial charge < -0.3 is 10.2 Å². The zero-order valence-corrected chi connectivity index (χ0v) is 16.3. The molecule has 1 atom stereocenters. The van der Waals surface area contributed by atoms with Crippen LogP contribution >= 0.6 is 0 Å². The molecule has 3 nitrogen and oxygen atoms in total. The van der Waals surface area contributed by atoms with Gasteiger partial charge in [-0.2, -0.15) is 0 Å². The summed E-state index contributed by atoms with van der Waals surface area (Å²) < 4.78 is 0. The van der Waals surface area contributed by atoms with E-state index in [0.29, 0.717) is 6.42 Å². The molecule has 0 aliphatic rings. The molecule has 0 heterocycles. The van der Waals surface area contributed by atoms with Crippen molar-refractivity contribution < 1.29 is 15.0 Å². The molecule has 0 fully saturated rings. The molecule has 0 spiro atoms. The molecule has 0 saturated carbocycles. The first kappa shape index (κ1) is 32.1. The van der Waals surface area contributed by atoms with Crippen LogP contribution in [0.4, 0.5) is 0 Å². The van der Waals surface area contributed by atoms with Crippen molar-refractivity contribution in [1.82, 2.24) is 0 Å². The Hall–Kier alpha value is 1.43. The maximum absolute atomic E-state index is 10.8. The van der Waals surface area contributed by atoms with Crippen molar-refractivity contribution in [2.45, 2.75) is 129 Å². The van der Waals surface area contributed by atoms with E-state index in [4.69, 9.17) is 5.11 Å². The van der Waals surface area contributed by atoms with Gasteiger partial charge in [-0.15, -0.1) is 0 Å². The third kappa shape index (κ3) is 21.7. The molecular weight excluding hydrogens is 346 g/mol. The summed E-state index contributed by atoms with van der Waals surface area (Å²) in [5.74, 6) is -1.11. The van der Waals surface area contributed by atoms with Crippen molar-refractivity contribution >= 4 is 65.1 Å². The van der Waals surface area contributed by atoms with Gasteiger partial charge in [0.2, 0.25) is 0 Å². The van der Waals surface area contributed by atoms with Crippen LogP contribution in [0, 0.1) is 0 Å². The van der Waals surface area contributed by atoms with E-state index in [1.54, 1.807) is 0 Å². The van der Waals surface area contributed by atoms with Crippen LogP contribution in [0.5, 0.6) is 0 Å². The Balaban J connectivity index is -0.00000264. The third-order valence-corrected chi connectivity index (χ3v) is 4.98. The standard InChI is InChI=1S/C21H42O3.2Na.2H/c1-3-4-5-6-7-8-9-10-11-12-13-14-15-16-17-18-19-21(2,24)20(22)23;;;;/h24H,3-19H2,1-2H3,(H,22,23);;;;. The number of aliphatic carboxylic acids is 1. The normalized spacial score (nSPS) is 12.7. The van der Waals surface area contributed by atoms with Crippen LogP contribution in [0.2, 0.25) is 0 Å². The van der Waals surface area contributed by atoms with Crippen molar-refractivity contribution in [3.05, 3.63) is 0 Å². The molecule has 0 saturated heterocycles. The minimum atomic E-state index is -1.55. The molecule has 0 amide bonds. The molecule has 0 aromatic carbocycles. The zero-order chi connectivity index (χ0) is 18.1. The summed E-state index contributed by atoms with van der Waals surface area (Å²) in [6.45, 7) is 3.66. The molecule has 0 aromatic rings. The quantitative estimate of drug-likeness (QED) is 0.250. The molecule has 1 unspecified atom stereocenters. The van der Waals surface area contributed by atoms with Gasteiger partial charge in [0.05, 0.1) is 0 Å². The molecule has 0 bridgehead atoms. The Labute approximate surface area is 207 Å². The van der Waals surface area contributed by atoms with Gasteiger partial charge >= 0.3 is 65.1 Å². The molecule has 26 heavy (non-hydrogen) atoms. The van der Waals surface area contributed by atoms with E-state index in [-0.39, 0.29) is 59.1 Å². The van der Waals surface area contributed by atoms with Crippen molar-refractivity contribution in [3.63, 3.8) is 0 Å². The average Bonchev–Trinajstić information content (AvgIpc) is 2.54. The van der Waals surface area contributed by atoms with Gasteiger partial charge in [0, 0.05) is 0 Å². The van der Waals surface area contributed by atoms with E-state index in [2.05, 4.69) is 6.92 Å². The second kappa shape index (κ2) is 22.7. The van der Waals surface area contributed by atoms with Crippen LogP contribution in [-0.2, 0) is 4.79 Å². The molecule has 5 heteroatoms. The van der Waals surface area contributed by atoms with Crippen molar-refractivity contribution in [3.8, 4) is 0 Å². The first-order valence-electron chi connectivity index (χ1n) is 10.5. The molecule has 0 aromatic heterocycles. The summed E-state index contributed by atoms with van der Waals surface area (Å²) in [5, 5.41) is 18.4. The molecular formula is C21H44Na2O3. The second-order valence-corrected chi connectivity index (χ2v) is 7.63. The predicted molar refractivity (Wildman–Crippen MR) is 117 cm³/mol. The number of unbranched alkanes of at least 4 members (excludes halogenated alkanes) is 15. The molecule has 0 rings (SSSR count). The third-order valence-electron chi connectivity index (χ3n) is 4.98. The van der Waals surface area contributed by atoms with E-state index in [9.17, 15) is 9.90 Å². The summed E-state index contributed by atoms with van der Waals surface area (Å²) in [6, 6.07) is 0. The molecule has 0 aliphatic carbocycles. The fraction of sp³-hybridized carbons (Fsp3) is 0.952. The topological polar surface area (TPSA) is 57.5 Å². The fourth-order valence-electron chi connectivity index (χ4n) is 3.12. The van der Waals surface area contributed by atoms with Crippen molar-refractivity contribution in [2.24, 2.45) is 0 Å². The van der Waals surface area contributed by atoms with Gasteiger partial charge in [-0.05, 0) is 19.8 Å². The fourth-order valence-corrected chi connectivity index (χ4v) is 3.12. The first-order valence-corrected chi connectivity index (χ1v) is 10.5. The summed E-state index contributed by atoms with van der Waals surface area (Å²) >= 11 is 0. The van der Waals surface area contributed by atoms with Crippen molar-refractivity contribution in [2.75, 3.05) is 0 Å². The SMILES string of the molecule is CCCCCCCCCCCCCCCCCCC(C)(O)C(=O)O.[NaH].[NaH]. The van der Waals surface area contributed by atoms with Crippen LogP contribution in [0.15, 0.2) is 0 Å². The van der Waals surface area contributed by atoms with E-state index in [1.165, 1.54) is 90.4 Å². The van der Waals surface area contributed by atoms with Crippen molar-refractivity contribution in [1.29, 1.82) is 0 Å². The number of hydrogen-bond acceptors (Lipinski definition) is 2. The Kier molecular flexibility index (Phi) is 28.1. The van der Waals surface area contributed by atoms with E-state index in [0.717, 1.165) is 19.3 Å². The summed E-state index contributed by atoms with van der Waals surface area (Å²) in [6.07, 6.45) is 21.2. The van der Waals surface area contributed by atoms with E-state index < -0.39 is 11.6 Å². The Morgan fingerprint density at radius 1 is 0.654 bits per heavy atom. The minimum absolute atomic E-state index is 0. The van der Waals surface area contributed by atoms with Gasteiger partial charge in [-0.3, -0.25) is 0 Å². The number of carboxylic acids is 1. The number of hydrogen-bond donors (Lipinski definition) is 2. The second-order valence-electron chi connectivity index (χ2n) is 7.63. The molecule has 0 aliphatic heterocycles. The van der Waals surface area contributed by atoms with Gasteiger partial charge in [-0.1, -0.05) is 103 Å². The number of aliphatic hydroxyl groups is 1. The van der Waals surface area contributed by atoms with Crippen LogP contribution in [0.3, 0.4) is 0 Å². The molecule has 0 radical (unpaired) electrons. The Morgan fingerprint density at radius 3 is 1.19 bits per heavy atom. The number of carboxylic acid groups (broad SMARTS) is 1. The van der Waals surface area contributed by atoms with Gasteiger partial charge in [0.15, 0.2) is 5.60 Å². The van der Waals surface area contributed by atoms with Crippen LogP contribution in [-0.4, -0.2) is 80.9 Å². The Morgan fingerprint density at radius 2 is 0.923 bits per heavy atom. The number of carbonyl (C=O) groups is 1. The number of rotatable bonds is 18. The zero-order valence-electron chi connectivity index (χ0n) is 16.3. The predicted octanol–water partition coefficient (Wildman–Crippen LogP) is 5.18. The van der Waals surface area contributed by atoms with Gasteiger partial charge in [0.25, 0.3) is 0 Å². The summed E-state index contributed by atoms with van der Waals surface area (Å²) in [4.78, 5) is 10.8. The van der Waals surface area contributed by atoms with Crippen LogP contribution < -0.4 is 0 Å². The van der Waals surface area contributed by atoms with Gasteiger partial charge in [-0.25, -0.2) is 4.79 Å². The van der Waals surface area contributed by atoms with Crippen LogP contribution in [0.1, 0.15) is 123 Å². The maximum atomic E-state index is 10.8. The van der Waals surface area contributed by atoms with E-state index in [1.807, 2.05) is 0 Å². The van der Waals surface area contributed by atoms with E-state index >= 15 is 0 Å². The van der Waals surface area contributed by atoms with Gasteiger partial charge in [0.1, 0.15) is 0 Å². The monoisotopic (exact) mass is 390 g/mol. The Bertz CT molecular complexity index is 297. The summed E-state index contributed by atoms with van der Waals surface area (Å²) in [7, 11) is 0. The molecule has 2 N–H and O–H groups in total. The first-order chi connectivity index (χ1) is 11.5. The average molecular weight is 391 g/mol. The summed E-state index contributed by atoms with van der Waals surface area (Å²) in [5.41, 5.74) is -1.55.